The van der Waals surface area contributed by atoms with Crippen LogP contribution in [0.15, 0.2) is 0 Å². The van der Waals surface area contributed by atoms with Gasteiger partial charge in [0.2, 0.25) is 16.9 Å². The van der Waals surface area contributed by atoms with Crippen LogP contribution in [-0.4, -0.2) is 34.0 Å². The summed E-state index contributed by atoms with van der Waals surface area (Å²) in [5, 5.41) is 12.0. The highest BCUT2D eigenvalue weighted by Gasteiger charge is 2.44. The van der Waals surface area contributed by atoms with Crippen LogP contribution in [0.5, 0.6) is 0 Å². The van der Waals surface area contributed by atoms with Crippen LogP contribution in [0.1, 0.15) is 25.3 Å². The van der Waals surface area contributed by atoms with Crippen LogP contribution in [0.2, 0.25) is 0 Å². The summed E-state index contributed by atoms with van der Waals surface area (Å²) in [4.78, 5) is 25.0. The molecule has 0 bridgehead atoms. The quantitative estimate of drug-likeness (QED) is 0.810. The Labute approximate surface area is 103 Å². The van der Waals surface area contributed by atoms with E-state index >= 15 is 0 Å². The third kappa shape index (κ3) is 2.14. The maximum Gasteiger partial charge on any atom is 0.235 e. The number of imide groups is 1. The van der Waals surface area contributed by atoms with Gasteiger partial charge in [0, 0.05) is 13.5 Å². The van der Waals surface area contributed by atoms with Crippen molar-refractivity contribution in [1.29, 1.82) is 0 Å². The first-order valence-electron chi connectivity index (χ1n) is 5.29. The zero-order valence-electron chi connectivity index (χ0n) is 9.98. The van der Waals surface area contributed by atoms with Gasteiger partial charge in [0.1, 0.15) is 5.01 Å². The van der Waals surface area contributed by atoms with E-state index in [0.717, 1.165) is 0 Å². The summed E-state index contributed by atoms with van der Waals surface area (Å²) >= 11 is 1.34. The molecule has 2 rings (SSSR count). The molecule has 1 aromatic heterocycles. The number of hydrogen-bond donors (Lipinski definition) is 1. The summed E-state index contributed by atoms with van der Waals surface area (Å²) in [7, 11) is 1.75. The molecule has 1 saturated heterocycles. The zero-order valence-corrected chi connectivity index (χ0v) is 10.8. The largest absolute Gasteiger partial charge is 0.363 e. The van der Waals surface area contributed by atoms with Gasteiger partial charge in [0.25, 0.3) is 0 Å². The lowest BCUT2D eigenvalue weighted by molar-refractivity contribution is -0.141. The van der Waals surface area contributed by atoms with Crippen molar-refractivity contribution in [2.45, 2.75) is 26.8 Å². The Bertz CT molecular complexity index is 469. The number of nitrogens with one attached hydrogen (secondary N) is 1. The summed E-state index contributed by atoms with van der Waals surface area (Å²) in [5.41, 5.74) is -0.590. The van der Waals surface area contributed by atoms with E-state index in [-0.39, 0.29) is 24.8 Å². The Morgan fingerprint density at radius 3 is 2.59 bits per heavy atom. The number of rotatable bonds is 3. The van der Waals surface area contributed by atoms with Crippen molar-refractivity contribution in [3.8, 4) is 0 Å². The van der Waals surface area contributed by atoms with E-state index in [1.807, 2.05) is 0 Å². The van der Waals surface area contributed by atoms with Crippen molar-refractivity contribution in [2.75, 3.05) is 12.4 Å². The lowest BCUT2D eigenvalue weighted by Gasteiger charge is -2.16. The number of likely N-dealkylation sites (tertiary alicyclic amines) is 1. The molecule has 0 unspecified atom stereocenters. The maximum absolute atomic E-state index is 12.0. The summed E-state index contributed by atoms with van der Waals surface area (Å²) < 4.78 is 0. The number of nitrogens with zero attached hydrogens (tertiary/aromatic N) is 3. The van der Waals surface area contributed by atoms with Gasteiger partial charge in [-0.15, -0.1) is 10.2 Å². The summed E-state index contributed by atoms with van der Waals surface area (Å²) in [6.45, 7) is 3.79. The SMILES string of the molecule is CNc1nnc(CN2C(=O)CC(C)(C)C2=O)s1. The van der Waals surface area contributed by atoms with E-state index in [1.54, 1.807) is 20.9 Å². The minimum atomic E-state index is -0.590. The van der Waals surface area contributed by atoms with Gasteiger partial charge in [-0.2, -0.15) is 0 Å². The molecule has 1 aliphatic rings. The van der Waals surface area contributed by atoms with Gasteiger partial charge >= 0.3 is 0 Å². The van der Waals surface area contributed by atoms with Crippen LogP contribution in [0.25, 0.3) is 0 Å². The second-order valence-corrected chi connectivity index (χ2v) is 5.66. The van der Waals surface area contributed by atoms with Crippen molar-refractivity contribution in [1.82, 2.24) is 15.1 Å². The number of hydrogen-bond acceptors (Lipinski definition) is 6. The van der Waals surface area contributed by atoms with Crippen LogP contribution >= 0.6 is 11.3 Å². The second kappa shape index (κ2) is 4.06. The van der Waals surface area contributed by atoms with E-state index in [0.29, 0.717) is 10.1 Å². The molecule has 0 aromatic carbocycles. The normalized spacial score (nSPS) is 18.9. The van der Waals surface area contributed by atoms with Crippen LogP contribution in [0, 0.1) is 5.41 Å². The summed E-state index contributed by atoms with van der Waals surface area (Å²) in [6.07, 6.45) is 0.267. The Kier molecular flexibility index (Phi) is 2.86. The molecule has 0 atom stereocenters. The van der Waals surface area contributed by atoms with Crippen molar-refractivity contribution >= 4 is 28.3 Å². The maximum atomic E-state index is 12.0. The van der Waals surface area contributed by atoms with Crippen molar-refractivity contribution in [3.05, 3.63) is 5.01 Å². The van der Waals surface area contributed by atoms with Crippen molar-refractivity contribution < 1.29 is 9.59 Å². The number of carbonyl (C=O) groups is 2. The van der Waals surface area contributed by atoms with Crippen molar-refractivity contribution in [3.63, 3.8) is 0 Å². The molecule has 2 heterocycles. The molecule has 0 aliphatic carbocycles. The smallest absolute Gasteiger partial charge is 0.235 e. The number of amides is 2. The molecule has 1 aliphatic heterocycles. The van der Waals surface area contributed by atoms with Gasteiger partial charge in [-0.25, -0.2) is 0 Å². The van der Waals surface area contributed by atoms with E-state index < -0.39 is 5.41 Å². The summed E-state index contributed by atoms with van der Waals surface area (Å²) in [5.74, 6) is -0.273. The molecule has 6 nitrogen and oxygen atoms in total. The predicted octanol–water partition coefficient (Wildman–Crippen LogP) is 0.865. The standard InChI is InChI=1S/C10H14N4O2S/c1-10(2)4-7(15)14(8(10)16)5-6-12-13-9(11-3)17-6/h4-5H2,1-3H3,(H,11,13). The van der Waals surface area contributed by atoms with Crippen molar-refractivity contribution in [2.24, 2.45) is 5.41 Å². The monoisotopic (exact) mass is 254 g/mol. The van der Waals surface area contributed by atoms with E-state index in [2.05, 4.69) is 15.5 Å². The predicted molar refractivity (Wildman–Crippen MR) is 63.4 cm³/mol. The highest BCUT2D eigenvalue weighted by Crippen LogP contribution is 2.33. The van der Waals surface area contributed by atoms with Crippen LogP contribution in [0.3, 0.4) is 0 Å². The molecule has 2 amide bonds. The minimum Gasteiger partial charge on any atom is -0.363 e. The number of anilines is 1. The molecule has 0 saturated carbocycles. The topological polar surface area (TPSA) is 75.2 Å². The third-order valence-electron chi connectivity index (χ3n) is 2.69. The molecule has 92 valence electrons. The fraction of sp³-hybridized carbons (Fsp3) is 0.600. The van der Waals surface area contributed by atoms with Gasteiger partial charge in [0.15, 0.2) is 0 Å². The molecule has 0 radical (unpaired) electrons. The van der Waals surface area contributed by atoms with Gasteiger partial charge in [0.05, 0.1) is 12.0 Å². The molecule has 0 spiro atoms. The Hall–Kier alpha value is -1.50. The first-order valence-corrected chi connectivity index (χ1v) is 6.10. The van der Waals surface area contributed by atoms with E-state index in [1.165, 1.54) is 16.2 Å². The average molecular weight is 254 g/mol. The fourth-order valence-electron chi connectivity index (χ4n) is 1.74. The molecule has 1 fully saturated rings. The molecule has 7 heteroatoms. The Morgan fingerprint density at radius 1 is 1.41 bits per heavy atom. The average Bonchev–Trinajstić information content (AvgIpc) is 2.78. The molecule has 17 heavy (non-hydrogen) atoms. The van der Waals surface area contributed by atoms with Gasteiger partial charge < -0.3 is 5.32 Å². The summed E-state index contributed by atoms with van der Waals surface area (Å²) in [6, 6.07) is 0. The second-order valence-electron chi connectivity index (χ2n) is 4.60. The molecular formula is C10H14N4O2S. The van der Waals surface area contributed by atoms with Crippen LogP contribution < -0.4 is 5.32 Å². The first-order chi connectivity index (χ1) is 7.94. The van der Waals surface area contributed by atoms with E-state index in [4.69, 9.17) is 0 Å². The Morgan fingerprint density at radius 2 is 2.12 bits per heavy atom. The lowest BCUT2D eigenvalue weighted by Crippen LogP contribution is -2.32. The minimum absolute atomic E-state index is 0.135. The molecular weight excluding hydrogens is 240 g/mol. The van der Waals surface area contributed by atoms with Crippen LogP contribution in [0.4, 0.5) is 5.13 Å². The highest BCUT2D eigenvalue weighted by molar-refractivity contribution is 7.15. The molecule has 1 N–H and O–H groups in total. The van der Waals surface area contributed by atoms with Gasteiger partial charge in [-0.1, -0.05) is 25.2 Å². The van der Waals surface area contributed by atoms with Crippen LogP contribution in [-0.2, 0) is 16.1 Å². The third-order valence-corrected chi connectivity index (χ3v) is 3.62. The zero-order chi connectivity index (χ0) is 12.6. The van der Waals surface area contributed by atoms with E-state index in [9.17, 15) is 9.59 Å². The highest BCUT2D eigenvalue weighted by atomic mass is 32.1. The molecule has 1 aromatic rings. The Balaban J connectivity index is 2.14. The lowest BCUT2D eigenvalue weighted by atomic mass is 9.92. The van der Waals surface area contributed by atoms with Gasteiger partial charge in [-0.3, -0.25) is 14.5 Å². The number of carbonyl (C=O) groups excluding carboxylic acids is 2. The fourth-order valence-corrected chi connectivity index (χ4v) is 2.42. The first kappa shape index (κ1) is 12.0. The number of aromatic nitrogens is 2. The van der Waals surface area contributed by atoms with Gasteiger partial charge in [-0.05, 0) is 0 Å².